The highest BCUT2D eigenvalue weighted by Crippen LogP contribution is 2.26. The van der Waals surface area contributed by atoms with Crippen molar-refractivity contribution in [2.75, 3.05) is 24.7 Å². The molecule has 1 aliphatic heterocycles. The number of nitrogens with zero attached hydrogens (tertiary/aromatic N) is 3. The van der Waals surface area contributed by atoms with Crippen LogP contribution in [0.4, 0.5) is 5.82 Å². The minimum Gasteiger partial charge on any atom is -0.377 e. The van der Waals surface area contributed by atoms with Crippen molar-refractivity contribution >= 4 is 11.5 Å². The van der Waals surface area contributed by atoms with Crippen LogP contribution in [0.3, 0.4) is 0 Å². The lowest BCUT2D eigenvalue weighted by molar-refractivity contribution is 0.0985. The molecule has 2 aromatic heterocycles. The summed E-state index contributed by atoms with van der Waals surface area (Å²) in [6, 6.07) is 7.28. The van der Waals surface area contributed by atoms with Gasteiger partial charge in [-0.1, -0.05) is 6.07 Å². The van der Waals surface area contributed by atoms with Crippen molar-refractivity contribution in [3.63, 3.8) is 0 Å². The molecule has 1 saturated carbocycles. The Morgan fingerprint density at radius 2 is 2.29 bits per heavy atom. The number of hydrogen-bond donors (Lipinski definition) is 1. The summed E-state index contributed by atoms with van der Waals surface area (Å²) in [5.41, 5.74) is 2.30. The number of aromatic nitrogens is 2. The molecule has 2 fully saturated rings. The number of imidazole rings is 1. The maximum Gasteiger partial charge on any atom is 0.152 e. The van der Waals surface area contributed by atoms with Gasteiger partial charge in [-0.3, -0.25) is 0 Å². The summed E-state index contributed by atoms with van der Waals surface area (Å²) >= 11 is 0. The van der Waals surface area contributed by atoms with Gasteiger partial charge in [-0.15, -0.1) is 0 Å². The van der Waals surface area contributed by atoms with Gasteiger partial charge in [-0.25, -0.2) is 4.98 Å². The second kappa shape index (κ2) is 5.31. The summed E-state index contributed by atoms with van der Waals surface area (Å²) in [5, 5.41) is 3.63. The van der Waals surface area contributed by atoms with Gasteiger partial charge in [-0.2, -0.15) is 0 Å². The van der Waals surface area contributed by atoms with Crippen LogP contribution in [0, 0.1) is 0 Å². The standard InChI is InChI=1S/C16H22N4O/c1-12-11-21-9-8-19(12)16-14(10-17-13-5-6-13)20-7-3-2-4-15(20)18-16/h2-4,7,12-13,17H,5-6,8-11H2,1H3. The average molecular weight is 286 g/mol. The Labute approximate surface area is 124 Å². The van der Waals surface area contributed by atoms with Crippen molar-refractivity contribution in [2.24, 2.45) is 0 Å². The SMILES string of the molecule is CC1COCCN1c1nc2ccccn2c1CNC1CC1. The van der Waals surface area contributed by atoms with E-state index in [0.29, 0.717) is 12.1 Å². The van der Waals surface area contributed by atoms with Gasteiger partial charge in [-0.05, 0) is 31.9 Å². The zero-order valence-electron chi connectivity index (χ0n) is 12.5. The lowest BCUT2D eigenvalue weighted by Crippen LogP contribution is -2.44. The van der Waals surface area contributed by atoms with E-state index in [0.717, 1.165) is 37.8 Å². The lowest BCUT2D eigenvalue weighted by atomic mass is 10.2. The number of rotatable bonds is 4. The Morgan fingerprint density at radius 3 is 3.10 bits per heavy atom. The lowest BCUT2D eigenvalue weighted by Gasteiger charge is -2.34. The van der Waals surface area contributed by atoms with Crippen LogP contribution in [0.15, 0.2) is 24.4 Å². The maximum atomic E-state index is 5.56. The van der Waals surface area contributed by atoms with Gasteiger partial charge in [0.2, 0.25) is 0 Å². The van der Waals surface area contributed by atoms with Crippen LogP contribution < -0.4 is 10.2 Å². The van der Waals surface area contributed by atoms with E-state index in [9.17, 15) is 0 Å². The fourth-order valence-electron chi connectivity index (χ4n) is 3.00. The van der Waals surface area contributed by atoms with Gasteiger partial charge in [0.1, 0.15) is 5.65 Å². The van der Waals surface area contributed by atoms with E-state index in [1.54, 1.807) is 0 Å². The van der Waals surface area contributed by atoms with Crippen LogP contribution in [0.5, 0.6) is 0 Å². The molecule has 0 bridgehead atoms. The predicted molar refractivity (Wildman–Crippen MR) is 82.7 cm³/mol. The van der Waals surface area contributed by atoms with Crippen LogP contribution in [0.25, 0.3) is 5.65 Å². The zero-order chi connectivity index (χ0) is 14.2. The van der Waals surface area contributed by atoms with E-state index >= 15 is 0 Å². The van der Waals surface area contributed by atoms with Crippen LogP contribution in [-0.2, 0) is 11.3 Å². The molecule has 5 nitrogen and oxygen atoms in total. The fourth-order valence-corrected chi connectivity index (χ4v) is 3.00. The fraction of sp³-hybridized carbons (Fsp3) is 0.562. The van der Waals surface area contributed by atoms with Gasteiger partial charge in [0.25, 0.3) is 0 Å². The quantitative estimate of drug-likeness (QED) is 0.931. The Morgan fingerprint density at radius 1 is 1.38 bits per heavy atom. The van der Waals surface area contributed by atoms with Gasteiger partial charge < -0.3 is 19.4 Å². The summed E-state index contributed by atoms with van der Waals surface area (Å²) in [5.74, 6) is 1.12. The number of nitrogens with one attached hydrogen (secondary N) is 1. The summed E-state index contributed by atoms with van der Waals surface area (Å²) < 4.78 is 7.78. The minimum atomic E-state index is 0.378. The molecule has 2 aromatic rings. The van der Waals surface area contributed by atoms with Gasteiger partial charge in [0.15, 0.2) is 5.82 Å². The first kappa shape index (κ1) is 13.1. The van der Waals surface area contributed by atoms with Gasteiger partial charge in [0.05, 0.1) is 24.9 Å². The van der Waals surface area contributed by atoms with E-state index in [-0.39, 0.29) is 0 Å². The Bertz CT molecular complexity index is 634. The molecule has 0 spiro atoms. The van der Waals surface area contributed by atoms with Crippen LogP contribution in [-0.4, -0.2) is 41.2 Å². The van der Waals surface area contributed by atoms with E-state index in [1.165, 1.54) is 18.5 Å². The molecule has 3 heterocycles. The van der Waals surface area contributed by atoms with Crippen molar-refractivity contribution in [3.8, 4) is 0 Å². The molecule has 112 valence electrons. The molecular formula is C16H22N4O. The Hall–Kier alpha value is -1.59. The predicted octanol–water partition coefficient (Wildman–Crippen LogP) is 1.81. The molecule has 0 aromatic carbocycles. The van der Waals surface area contributed by atoms with Crippen molar-refractivity contribution in [2.45, 2.75) is 38.4 Å². The van der Waals surface area contributed by atoms with Crippen molar-refractivity contribution < 1.29 is 4.74 Å². The van der Waals surface area contributed by atoms with E-state index in [2.05, 4.69) is 39.9 Å². The molecule has 1 atom stereocenters. The van der Waals surface area contributed by atoms with Crippen LogP contribution >= 0.6 is 0 Å². The van der Waals surface area contributed by atoms with E-state index < -0.39 is 0 Å². The minimum absolute atomic E-state index is 0.378. The molecule has 2 aliphatic rings. The van der Waals surface area contributed by atoms with Crippen molar-refractivity contribution in [3.05, 3.63) is 30.1 Å². The summed E-state index contributed by atoms with van der Waals surface area (Å²) in [6.07, 6.45) is 4.72. The third-order valence-corrected chi connectivity index (χ3v) is 4.38. The first-order valence-electron chi connectivity index (χ1n) is 7.86. The topological polar surface area (TPSA) is 41.8 Å². The largest absolute Gasteiger partial charge is 0.377 e. The van der Waals surface area contributed by atoms with E-state index in [1.807, 2.05) is 6.07 Å². The molecule has 1 saturated heterocycles. The third-order valence-electron chi connectivity index (χ3n) is 4.38. The van der Waals surface area contributed by atoms with E-state index in [4.69, 9.17) is 9.72 Å². The first-order valence-corrected chi connectivity index (χ1v) is 7.86. The number of ether oxygens (including phenoxy) is 1. The number of anilines is 1. The molecular weight excluding hydrogens is 264 g/mol. The zero-order valence-corrected chi connectivity index (χ0v) is 12.5. The average Bonchev–Trinajstić information content (AvgIpc) is 3.26. The molecule has 21 heavy (non-hydrogen) atoms. The molecule has 5 heteroatoms. The number of fused-ring (bicyclic) bond motifs is 1. The second-order valence-corrected chi connectivity index (χ2v) is 6.08. The summed E-state index contributed by atoms with van der Waals surface area (Å²) in [4.78, 5) is 7.27. The number of hydrogen-bond acceptors (Lipinski definition) is 4. The second-order valence-electron chi connectivity index (χ2n) is 6.08. The molecule has 1 unspecified atom stereocenters. The highest BCUT2D eigenvalue weighted by molar-refractivity contribution is 5.56. The van der Waals surface area contributed by atoms with Crippen LogP contribution in [0.2, 0.25) is 0 Å². The van der Waals surface area contributed by atoms with Crippen LogP contribution in [0.1, 0.15) is 25.5 Å². The number of morpholine rings is 1. The number of pyridine rings is 1. The Kier molecular flexibility index (Phi) is 3.31. The first-order chi connectivity index (χ1) is 10.3. The van der Waals surface area contributed by atoms with Crippen molar-refractivity contribution in [1.82, 2.24) is 14.7 Å². The van der Waals surface area contributed by atoms with Gasteiger partial charge in [0, 0.05) is 25.3 Å². The monoisotopic (exact) mass is 286 g/mol. The summed E-state index contributed by atoms with van der Waals surface area (Å²) in [6.45, 7) is 5.58. The molecule has 0 radical (unpaired) electrons. The highest BCUT2D eigenvalue weighted by Gasteiger charge is 2.27. The summed E-state index contributed by atoms with van der Waals surface area (Å²) in [7, 11) is 0. The Balaban J connectivity index is 1.72. The molecule has 0 amide bonds. The highest BCUT2D eigenvalue weighted by atomic mass is 16.5. The van der Waals surface area contributed by atoms with Crippen molar-refractivity contribution in [1.29, 1.82) is 0 Å². The molecule has 4 rings (SSSR count). The third kappa shape index (κ3) is 2.51. The normalized spacial score (nSPS) is 22.9. The molecule has 1 N–H and O–H groups in total. The smallest absolute Gasteiger partial charge is 0.152 e. The van der Waals surface area contributed by atoms with Gasteiger partial charge >= 0.3 is 0 Å². The maximum absolute atomic E-state index is 5.56. The molecule has 1 aliphatic carbocycles.